The standard InChI is InChI=1S/C4H6OS2/c1-3-2-7-4(6)5-3/h3H,2H2,1H3/t3-/m0/s1. The first-order chi connectivity index (χ1) is 3.29. The van der Waals surface area contributed by atoms with Crippen LogP contribution in [0, 0.1) is 0 Å². The number of rotatable bonds is 0. The zero-order valence-corrected chi connectivity index (χ0v) is 5.64. The lowest BCUT2D eigenvalue weighted by Crippen LogP contribution is -2.00. The molecule has 1 fully saturated rings. The van der Waals surface area contributed by atoms with Gasteiger partial charge in [0.1, 0.15) is 6.10 Å². The van der Waals surface area contributed by atoms with Crippen LogP contribution in [0.1, 0.15) is 6.92 Å². The van der Waals surface area contributed by atoms with Crippen LogP contribution in [-0.4, -0.2) is 16.2 Å². The fraction of sp³-hybridized carbons (Fsp3) is 0.750. The second kappa shape index (κ2) is 2.01. The Morgan fingerprint density at radius 2 is 2.71 bits per heavy atom. The van der Waals surface area contributed by atoms with E-state index in [4.69, 9.17) is 17.0 Å². The molecule has 0 N–H and O–H groups in total. The van der Waals surface area contributed by atoms with Crippen LogP contribution in [0.5, 0.6) is 0 Å². The van der Waals surface area contributed by atoms with E-state index in [0.29, 0.717) is 10.5 Å². The van der Waals surface area contributed by atoms with Crippen molar-refractivity contribution in [3.8, 4) is 0 Å². The number of thiocarbonyl (C=S) groups is 1. The van der Waals surface area contributed by atoms with Crippen LogP contribution in [0.4, 0.5) is 0 Å². The Hall–Kier alpha value is 0.240. The third-order valence-corrected chi connectivity index (χ3v) is 2.15. The smallest absolute Gasteiger partial charge is 0.220 e. The Morgan fingerprint density at radius 1 is 2.00 bits per heavy atom. The molecule has 1 aliphatic heterocycles. The van der Waals surface area contributed by atoms with E-state index in [1.54, 1.807) is 11.8 Å². The molecule has 0 bridgehead atoms. The summed E-state index contributed by atoms with van der Waals surface area (Å²) in [4.78, 5) is 0. The minimum atomic E-state index is 0.345. The van der Waals surface area contributed by atoms with Crippen LogP contribution in [-0.2, 0) is 4.74 Å². The van der Waals surface area contributed by atoms with Crippen LogP contribution >= 0.6 is 24.0 Å². The second-order valence-electron chi connectivity index (χ2n) is 1.49. The van der Waals surface area contributed by atoms with Crippen molar-refractivity contribution in [3.63, 3.8) is 0 Å². The molecular weight excluding hydrogens is 128 g/mol. The average Bonchev–Trinajstić information content (AvgIpc) is 1.87. The lowest BCUT2D eigenvalue weighted by Gasteiger charge is -1.96. The zero-order valence-electron chi connectivity index (χ0n) is 4.01. The molecule has 0 saturated carbocycles. The Labute approximate surface area is 52.4 Å². The number of thioether (sulfide) groups is 1. The predicted octanol–water partition coefficient (Wildman–Crippen LogP) is 1.42. The second-order valence-corrected chi connectivity index (χ2v) is 3.11. The summed E-state index contributed by atoms with van der Waals surface area (Å²) in [5, 5.41) is 0. The van der Waals surface area contributed by atoms with Crippen LogP contribution < -0.4 is 0 Å². The zero-order chi connectivity index (χ0) is 5.28. The van der Waals surface area contributed by atoms with Gasteiger partial charge in [-0.3, -0.25) is 0 Å². The topological polar surface area (TPSA) is 9.23 Å². The van der Waals surface area contributed by atoms with Gasteiger partial charge in [0.15, 0.2) is 0 Å². The highest BCUT2D eigenvalue weighted by Gasteiger charge is 2.14. The SMILES string of the molecule is C[C@H]1CSC(=S)O1. The molecule has 0 spiro atoms. The molecule has 1 saturated heterocycles. The van der Waals surface area contributed by atoms with Gasteiger partial charge in [0.05, 0.1) is 0 Å². The first kappa shape index (κ1) is 5.38. The number of hydrogen-bond donors (Lipinski definition) is 0. The largest absolute Gasteiger partial charge is 0.475 e. The van der Waals surface area contributed by atoms with Crippen molar-refractivity contribution >= 4 is 28.4 Å². The number of hydrogen-bond acceptors (Lipinski definition) is 3. The molecule has 0 aromatic rings. The number of ether oxygens (including phenoxy) is 1. The Bertz CT molecular complexity index is 91.7. The third-order valence-electron chi connectivity index (χ3n) is 0.733. The maximum atomic E-state index is 5.06. The summed E-state index contributed by atoms with van der Waals surface area (Å²) >= 11 is 6.35. The summed E-state index contributed by atoms with van der Waals surface area (Å²) in [6.45, 7) is 2.02. The normalized spacial score (nSPS) is 30.4. The van der Waals surface area contributed by atoms with Gasteiger partial charge in [-0.05, 0) is 19.1 Å². The summed E-state index contributed by atoms with van der Waals surface area (Å²) in [6.07, 6.45) is 0.345. The first-order valence-corrected chi connectivity index (χ1v) is 3.52. The third kappa shape index (κ3) is 1.31. The molecule has 1 atom stereocenters. The van der Waals surface area contributed by atoms with E-state index in [-0.39, 0.29) is 0 Å². The fourth-order valence-electron chi connectivity index (χ4n) is 0.418. The summed E-state index contributed by atoms with van der Waals surface area (Å²) in [6, 6.07) is 0. The summed E-state index contributed by atoms with van der Waals surface area (Å²) in [5.41, 5.74) is 0. The van der Waals surface area contributed by atoms with Gasteiger partial charge in [-0.2, -0.15) is 0 Å². The van der Waals surface area contributed by atoms with E-state index in [2.05, 4.69) is 0 Å². The molecular formula is C4H6OS2. The quantitative estimate of drug-likeness (QED) is 0.464. The molecule has 40 valence electrons. The van der Waals surface area contributed by atoms with E-state index >= 15 is 0 Å². The molecule has 0 aromatic carbocycles. The predicted molar refractivity (Wildman–Crippen MR) is 35.6 cm³/mol. The van der Waals surface area contributed by atoms with E-state index in [1.807, 2.05) is 6.92 Å². The molecule has 1 rings (SSSR count). The maximum Gasteiger partial charge on any atom is 0.220 e. The summed E-state index contributed by atoms with van der Waals surface area (Å²) in [7, 11) is 0. The lowest BCUT2D eigenvalue weighted by atomic mass is 10.5. The van der Waals surface area contributed by atoms with Crippen molar-refractivity contribution in [2.45, 2.75) is 13.0 Å². The van der Waals surface area contributed by atoms with E-state index in [0.717, 1.165) is 5.75 Å². The van der Waals surface area contributed by atoms with Crippen molar-refractivity contribution in [1.29, 1.82) is 0 Å². The van der Waals surface area contributed by atoms with E-state index in [9.17, 15) is 0 Å². The minimum Gasteiger partial charge on any atom is -0.475 e. The molecule has 0 amide bonds. The van der Waals surface area contributed by atoms with Crippen molar-refractivity contribution in [3.05, 3.63) is 0 Å². The van der Waals surface area contributed by atoms with Crippen LogP contribution in [0.25, 0.3) is 0 Å². The van der Waals surface area contributed by atoms with E-state index < -0.39 is 0 Å². The molecule has 0 unspecified atom stereocenters. The van der Waals surface area contributed by atoms with Crippen molar-refractivity contribution in [2.75, 3.05) is 5.75 Å². The highest BCUT2D eigenvalue weighted by Crippen LogP contribution is 2.18. The summed E-state index contributed by atoms with van der Waals surface area (Å²) < 4.78 is 5.76. The lowest BCUT2D eigenvalue weighted by molar-refractivity contribution is 0.258. The Kier molecular flexibility index (Phi) is 1.54. The average molecular weight is 134 g/mol. The van der Waals surface area contributed by atoms with Crippen molar-refractivity contribution in [1.82, 2.24) is 0 Å². The van der Waals surface area contributed by atoms with Crippen LogP contribution in [0.15, 0.2) is 0 Å². The Morgan fingerprint density at radius 3 is 2.86 bits per heavy atom. The Balaban J connectivity index is 2.40. The van der Waals surface area contributed by atoms with Gasteiger partial charge < -0.3 is 4.74 Å². The molecule has 0 radical (unpaired) electrons. The molecule has 1 heterocycles. The monoisotopic (exact) mass is 134 g/mol. The van der Waals surface area contributed by atoms with Gasteiger partial charge in [-0.25, -0.2) is 0 Å². The highest BCUT2D eigenvalue weighted by molar-refractivity contribution is 8.22. The van der Waals surface area contributed by atoms with Crippen LogP contribution in [0.2, 0.25) is 0 Å². The van der Waals surface area contributed by atoms with Gasteiger partial charge in [0.2, 0.25) is 4.38 Å². The van der Waals surface area contributed by atoms with Crippen molar-refractivity contribution < 1.29 is 4.74 Å². The van der Waals surface area contributed by atoms with E-state index in [1.165, 1.54) is 0 Å². The van der Waals surface area contributed by atoms with Crippen LogP contribution in [0.3, 0.4) is 0 Å². The highest BCUT2D eigenvalue weighted by atomic mass is 32.2. The van der Waals surface area contributed by atoms with Gasteiger partial charge in [0.25, 0.3) is 0 Å². The molecule has 0 aliphatic carbocycles. The van der Waals surface area contributed by atoms with Gasteiger partial charge in [0, 0.05) is 5.75 Å². The first-order valence-electron chi connectivity index (χ1n) is 2.12. The molecule has 0 aromatic heterocycles. The molecule has 1 nitrogen and oxygen atoms in total. The summed E-state index contributed by atoms with van der Waals surface area (Å²) in [5.74, 6) is 1.03. The minimum absolute atomic E-state index is 0.345. The fourth-order valence-corrected chi connectivity index (χ4v) is 1.46. The maximum absolute atomic E-state index is 5.06. The van der Waals surface area contributed by atoms with Gasteiger partial charge >= 0.3 is 0 Å². The molecule has 7 heavy (non-hydrogen) atoms. The molecule has 1 aliphatic rings. The van der Waals surface area contributed by atoms with Gasteiger partial charge in [-0.15, -0.1) is 0 Å². The van der Waals surface area contributed by atoms with Crippen molar-refractivity contribution in [2.24, 2.45) is 0 Å². The molecule has 3 heteroatoms. The van der Waals surface area contributed by atoms with Gasteiger partial charge in [-0.1, -0.05) is 11.8 Å².